The number of nitrogens with two attached hydrogens (primary N) is 1. The number of hydrogen-bond donors (Lipinski definition) is 2. The van der Waals surface area contributed by atoms with Crippen molar-refractivity contribution >= 4 is 11.5 Å². The maximum atomic E-state index is 5.86. The number of aryl methyl sites for hydroxylation is 1. The van der Waals surface area contributed by atoms with Crippen molar-refractivity contribution in [2.75, 3.05) is 37.7 Å². The molecule has 0 aromatic carbocycles. The molecule has 0 spiro atoms. The van der Waals surface area contributed by atoms with Gasteiger partial charge in [-0.1, -0.05) is 0 Å². The van der Waals surface area contributed by atoms with Gasteiger partial charge in [-0.15, -0.1) is 0 Å². The molecular weight excluding hydrogens is 212 g/mol. The van der Waals surface area contributed by atoms with Crippen molar-refractivity contribution in [1.82, 2.24) is 9.88 Å². The first-order valence-corrected chi connectivity index (χ1v) is 6.29. The third kappa shape index (κ3) is 3.33. The Morgan fingerprint density at radius 1 is 1.47 bits per heavy atom. The van der Waals surface area contributed by atoms with Crippen molar-refractivity contribution in [3.05, 3.63) is 17.8 Å². The molecule has 2 rings (SSSR count). The molecule has 0 unspecified atom stereocenters. The minimum absolute atomic E-state index is 0.760. The average molecular weight is 234 g/mol. The number of nitrogen functional groups attached to an aromatic ring is 1. The van der Waals surface area contributed by atoms with Crippen LogP contribution in [0.2, 0.25) is 0 Å². The number of pyridine rings is 1. The van der Waals surface area contributed by atoms with Crippen LogP contribution < -0.4 is 11.1 Å². The quantitative estimate of drug-likeness (QED) is 0.836. The normalized spacial score (nSPS) is 18.2. The van der Waals surface area contributed by atoms with Crippen LogP contribution in [-0.2, 0) is 0 Å². The number of likely N-dealkylation sites (tertiary alicyclic amines) is 1. The lowest BCUT2D eigenvalue weighted by atomic mass is 9.97. The van der Waals surface area contributed by atoms with Gasteiger partial charge >= 0.3 is 0 Å². The Morgan fingerprint density at radius 2 is 2.18 bits per heavy atom. The molecule has 1 aliphatic rings. The first kappa shape index (κ1) is 12.2. The Kier molecular flexibility index (Phi) is 3.84. The molecule has 0 radical (unpaired) electrons. The Bertz CT molecular complexity index is 370. The zero-order chi connectivity index (χ0) is 12.3. The molecule has 1 saturated heterocycles. The van der Waals surface area contributed by atoms with Crippen molar-refractivity contribution in [2.45, 2.75) is 19.8 Å². The number of nitrogens with zero attached hydrogens (tertiary/aromatic N) is 2. The van der Waals surface area contributed by atoms with Crippen molar-refractivity contribution in [1.29, 1.82) is 0 Å². The predicted molar refractivity (Wildman–Crippen MR) is 72.1 cm³/mol. The zero-order valence-electron chi connectivity index (χ0n) is 10.7. The first-order valence-electron chi connectivity index (χ1n) is 6.29. The third-order valence-electron chi connectivity index (χ3n) is 3.55. The van der Waals surface area contributed by atoms with Gasteiger partial charge in [0.1, 0.15) is 5.82 Å². The summed E-state index contributed by atoms with van der Waals surface area (Å²) in [6, 6.07) is 1.92. The second kappa shape index (κ2) is 5.36. The summed E-state index contributed by atoms with van der Waals surface area (Å²) in [6.07, 6.45) is 4.36. The van der Waals surface area contributed by atoms with E-state index in [-0.39, 0.29) is 0 Å². The van der Waals surface area contributed by atoms with Gasteiger partial charge in [0.15, 0.2) is 0 Å². The molecular formula is C13H22N4. The van der Waals surface area contributed by atoms with Gasteiger partial charge < -0.3 is 16.0 Å². The Morgan fingerprint density at radius 3 is 2.82 bits per heavy atom. The number of anilines is 2. The smallest absolute Gasteiger partial charge is 0.127 e. The second-order valence-electron chi connectivity index (χ2n) is 5.05. The monoisotopic (exact) mass is 234 g/mol. The van der Waals surface area contributed by atoms with Crippen LogP contribution in [0.1, 0.15) is 18.4 Å². The zero-order valence-corrected chi connectivity index (χ0v) is 10.7. The van der Waals surface area contributed by atoms with Gasteiger partial charge in [-0.2, -0.15) is 0 Å². The maximum absolute atomic E-state index is 5.86. The van der Waals surface area contributed by atoms with Crippen molar-refractivity contribution in [3.8, 4) is 0 Å². The molecule has 0 amide bonds. The molecule has 0 aliphatic carbocycles. The molecule has 4 nitrogen and oxygen atoms in total. The molecule has 1 fully saturated rings. The highest BCUT2D eigenvalue weighted by Gasteiger charge is 2.16. The summed E-state index contributed by atoms with van der Waals surface area (Å²) in [5.74, 6) is 1.66. The summed E-state index contributed by atoms with van der Waals surface area (Å²) < 4.78 is 0. The summed E-state index contributed by atoms with van der Waals surface area (Å²) in [4.78, 5) is 6.72. The molecule has 4 heteroatoms. The lowest BCUT2D eigenvalue weighted by molar-refractivity contribution is 0.226. The number of piperidine rings is 1. The van der Waals surface area contributed by atoms with E-state index in [0.29, 0.717) is 0 Å². The van der Waals surface area contributed by atoms with Crippen LogP contribution in [0.15, 0.2) is 12.3 Å². The summed E-state index contributed by atoms with van der Waals surface area (Å²) in [5, 5.41) is 3.39. The number of hydrogen-bond acceptors (Lipinski definition) is 4. The summed E-state index contributed by atoms with van der Waals surface area (Å²) >= 11 is 0. The molecule has 1 aliphatic heterocycles. The molecule has 0 atom stereocenters. The first-order chi connectivity index (χ1) is 8.15. The van der Waals surface area contributed by atoms with Gasteiger partial charge in [-0.3, -0.25) is 0 Å². The molecule has 17 heavy (non-hydrogen) atoms. The molecule has 1 aromatic heterocycles. The van der Waals surface area contributed by atoms with Crippen molar-refractivity contribution in [2.24, 2.45) is 5.92 Å². The second-order valence-corrected chi connectivity index (χ2v) is 5.05. The highest BCUT2D eigenvalue weighted by Crippen LogP contribution is 2.18. The molecule has 3 N–H and O–H groups in total. The standard InChI is InChI=1S/C13H22N4/c1-10-8-15-13(7-12(10)14)16-9-11-3-5-17(2)6-4-11/h7-8,11H,3-6,9H2,1-2H3,(H3,14,15,16). The number of aromatic nitrogens is 1. The molecule has 0 bridgehead atoms. The average Bonchev–Trinajstić information content (AvgIpc) is 2.33. The van der Waals surface area contributed by atoms with Crippen LogP contribution in [0.3, 0.4) is 0 Å². The van der Waals surface area contributed by atoms with Gasteiger partial charge in [-0.25, -0.2) is 4.98 Å². The largest absolute Gasteiger partial charge is 0.398 e. The Hall–Kier alpha value is -1.29. The van der Waals surface area contributed by atoms with Crippen LogP contribution in [0.4, 0.5) is 11.5 Å². The van der Waals surface area contributed by atoms with E-state index < -0.39 is 0 Å². The van der Waals surface area contributed by atoms with Gasteiger partial charge in [-0.05, 0) is 51.4 Å². The van der Waals surface area contributed by atoms with E-state index in [1.807, 2.05) is 19.2 Å². The summed E-state index contributed by atoms with van der Waals surface area (Å²) in [5.41, 5.74) is 7.71. The summed E-state index contributed by atoms with van der Waals surface area (Å²) in [7, 11) is 2.19. The Balaban J connectivity index is 1.83. The topological polar surface area (TPSA) is 54.2 Å². The summed E-state index contributed by atoms with van der Waals surface area (Å²) in [6.45, 7) is 5.39. The van der Waals surface area contributed by atoms with E-state index in [2.05, 4.69) is 22.2 Å². The molecule has 2 heterocycles. The number of rotatable bonds is 3. The van der Waals surface area contributed by atoms with Gasteiger partial charge in [0.05, 0.1) is 0 Å². The van der Waals surface area contributed by atoms with Crippen molar-refractivity contribution in [3.63, 3.8) is 0 Å². The fraction of sp³-hybridized carbons (Fsp3) is 0.615. The maximum Gasteiger partial charge on any atom is 0.127 e. The minimum atomic E-state index is 0.760. The van der Waals surface area contributed by atoms with Crippen LogP contribution >= 0.6 is 0 Å². The van der Waals surface area contributed by atoms with Gasteiger partial charge in [0.2, 0.25) is 0 Å². The van der Waals surface area contributed by atoms with Crippen LogP contribution in [0, 0.1) is 12.8 Å². The molecule has 94 valence electrons. The van der Waals surface area contributed by atoms with E-state index >= 15 is 0 Å². The minimum Gasteiger partial charge on any atom is -0.398 e. The highest BCUT2D eigenvalue weighted by molar-refractivity contribution is 5.53. The van der Waals surface area contributed by atoms with E-state index in [4.69, 9.17) is 5.73 Å². The van der Waals surface area contributed by atoms with Gasteiger partial charge in [0, 0.05) is 24.5 Å². The SMILES string of the molecule is Cc1cnc(NCC2CCN(C)CC2)cc1N. The van der Waals surface area contributed by atoms with Crippen LogP contribution in [0.5, 0.6) is 0 Å². The van der Waals surface area contributed by atoms with Crippen molar-refractivity contribution < 1.29 is 0 Å². The lowest BCUT2D eigenvalue weighted by Crippen LogP contribution is -2.33. The van der Waals surface area contributed by atoms with E-state index in [1.54, 1.807) is 0 Å². The van der Waals surface area contributed by atoms with E-state index in [0.717, 1.165) is 29.5 Å². The number of nitrogens with one attached hydrogen (secondary N) is 1. The van der Waals surface area contributed by atoms with E-state index in [9.17, 15) is 0 Å². The molecule has 0 saturated carbocycles. The lowest BCUT2D eigenvalue weighted by Gasteiger charge is -2.29. The fourth-order valence-corrected chi connectivity index (χ4v) is 2.15. The molecule has 1 aromatic rings. The fourth-order valence-electron chi connectivity index (χ4n) is 2.15. The predicted octanol–water partition coefficient (Wildman–Crippen LogP) is 1.73. The third-order valence-corrected chi connectivity index (χ3v) is 3.55. The highest BCUT2D eigenvalue weighted by atomic mass is 15.1. The van der Waals surface area contributed by atoms with Crippen LogP contribution in [-0.4, -0.2) is 36.6 Å². The van der Waals surface area contributed by atoms with E-state index in [1.165, 1.54) is 25.9 Å². The Labute approximate surface area is 103 Å². The van der Waals surface area contributed by atoms with Crippen LogP contribution in [0.25, 0.3) is 0 Å². The van der Waals surface area contributed by atoms with Gasteiger partial charge in [0.25, 0.3) is 0 Å².